The molecular formula is C20H23Cl2N3O2. The van der Waals surface area contributed by atoms with Gasteiger partial charge in [-0.2, -0.15) is 0 Å². The lowest BCUT2D eigenvalue weighted by atomic mass is 10.0. The van der Waals surface area contributed by atoms with Gasteiger partial charge >= 0.3 is 0 Å². The molecule has 0 radical (unpaired) electrons. The van der Waals surface area contributed by atoms with Crippen LogP contribution < -0.4 is 20.7 Å². The summed E-state index contributed by atoms with van der Waals surface area (Å²) in [5, 5.41) is 3.53. The number of nitrogen functional groups attached to an aromatic ring is 1. The number of hydrogen-bond donors (Lipinski definition) is 2. The topological polar surface area (TPSA) is 67.6 Å². The van der Waals surface area contributed by atoms with Crippen molar-refractivity contribution in [1.29, 1.82) is 0 Å². The third-order valence-electron chi connectivity index (χ3n) is 4.85. The lowest BCUT2D eigenvalue weighted by Crippen LogP contribution is -2.38. The molecule has 0 unspecified atom stereocenters. The van der Waals surface area contributed by atoms with Crippen molar-refractivity contribution in [3.8, 4) is 5.75 Å². The van der Waals surface area contributed by atoms with E-state index in [2.05, 4.69) is 17.1 Å². The van der Waals surface area contributed by atoms with Crippen LogP contribution in [0.4, 0.5) is 17.1 Å². The van der Waals surface area contributed by atoms with Gasteiger partial charge in [-0.1, -0.05) is 23.2 Å². The average molecular weight is 408 g/mol. The summed E-state index contributed by atoms with van der Waals surface area (Å²) in [4.78, 5) is 15.1. The zero-order valence-corrected chi connectivity index (χ0v) is 16.9. The molecule has 7 heteroatoms. The summed E-state index contributed by atoms with van der Waals surface area (Å²) in [6, 6.07) is 9.08. The highest BCUT2D eigenvalue weighted by Crippen LogP contribution is 2.36. The number of nitrogens with zero attached hydrogens (tertiary/aromatic N) is 1. The predicted octanol–water partition coefficient (Wildman–Crippen LogP) is 5.22. The summed E-state index contributed by atoms with van der Waals surface area (Å²) >= 11 is 12.3. The number of anilines is 3. The fraction of sp³-hybridized carbons (Fsp3) is 0.350. The first-order chi connectivity index (χ1) is 12.9. The van der Waals surface area contributed by atoms with Gasteiger partial charge in [-0.3, -0.25) is 4.79 Å². The molecule has 3 rings (SSSR count). The van der Waals surface area contributed by atoms with Gasteiger partial charge in [-0.25, -0.2) is 0 Å². The molecular weight excluding hydrogens is 385 g/mol. The van der Waals surface area contributed by atoms with Crippen molar-refractivity contribution in [2.45, 2.75) is 32.2 Å². The molecule has 1 heterocycles. The molecule has 0 spiro atoms. The van der Waals surface area contributed by atoms with E-state index >= 15 is 0 Å². The summed E-state index contributed by atoms with van der Waals surface area (Å²) in [6.07, 6.45) is 3.48. The fourth-order valence-electron chi connectivity index (χ4n) is 3.44. The van der Waals surface area contributed by atoms with Crippen LogP contribution in [0.25, 0.3) is 0 Å². The molecule has 5 nitrogen and oxygen atoms in total. The van der Waals surface area contributed by atoms with E-state index in [9.17, 15) is 4.79 Å². The molecule has 0 aromatic heterocycles. The van der Waals surface area contributed by atoms with Gasteiger partial charge in [-0.05, 0) is 56.5 Å². The predicted molar refractivity (Wildman–Crippen MR) is 112 cm³/mol. The van der Waals surface area contributed by atoms with Gasteiger partial charge < -0.3 is 20.7 Å². The number of carbonyl (C=O) groups excluding carboxylic acids is 1. The van der Waals surface area contributed by atoms with Crippen molar-refractivity contribution in [3.05, 3.63) is 45.9 Å². The molecule has 1 amide bonds. The lowest BCUT2D eigenvalue weighted by molar-refractivity contribution is 0.102. The SMILES string of the molecule is COc1c(Cl)cc(C(=O)Nc2cc(N)ccc2N2CCCC[C@H]2C)cc1Cl. The highest BCUT2D eigenvalue weighted by atomic mass is 35.5. The van der Waals surface area contributed by atoms with Crippen LogP contribution in [0.5, 0.6) is 5.75 Å². The number of rotatable bonds is 4. The molecule has 27 heavy (non-hydrogen) atoms. The van der Waals surface area contributed by atoms with Crippen LogP contribution >= 0.6 is 23.2 Å². The molecule has 0 aliphatic carbocycles. The van der Waals surface area contributed by atoms with E-state index in [1.165, 1.54) is 25.7 Å². The van der Waals surface area contributed by atoms with Gasteiger partial charge in [0.05, 0.1) is 28.5 Å². The van der Waals surface area contributed by atoms with Crippen LogP contribution in [0.3, 0.4) is 0 Å². The van der Waals surface area contributed by atoms with Crippen molar-refractivity contribution >= 4 is 46.2 Å². The smallest absolute Gasteiger partial charge is 0.255 e. The van der Waals surface area contributed by atoms with Crippen molar-refractivity contribution < 1.29 is 9.53 Å². The highest BCUT2D eigenvalue weighted by molar-refractivity contribution is 6.37. The lowest BCUT2D eigenvalue weighted by Gasteiger charge is -2.36. The van der Waals surface area contributed by atoms with E-state index in [0.29, 0.717) is 28.7 Å². The van der Waals surface area contributed by atoms with Crippen LogP contribution in [0.2, 0.25) is 10.0 Å². The van der Waals surface area contributed by atoms with Crippen LogP contribution in [-0.4, -0.2) is 25.6 Å². The van der Waals surface area contributed by atoms with Crippen LogP contribution in [0.15, 0.2) is 30.3 Å². The normalized spacial score (nSPS) is 16.9. The number of methoxy groups -OCH3 is 1. The Balaban J connectivity index is 1.91. The minimum atomic E-state index is -0.307. The maximum Gasteiger partial charge on any atom is 0.255 e. The number of amides is 1. The first-order valence-electron chi connectivity index (χ1n) is 8.91. The van der Waals surface area contributed by atoms with Gasteiger partial charge in [-0.15, -0.1) is 0 Å². The standard InChI is InChI=1S/C20H23Cl2N3O2/c1-12-5-3-4-8-25(12)18-7-6-14(23)11-17(18)24-20(26)13-9-15(21)19(27-2)16(22)10-13/h6-7,9-12H,3-5,8,23H2,1-2H3,(H,24,26)/t12-/m1/s1. The number of carbonyl (C=O) groups is 1. The molecule has 1 saturated heterocycles. The molecule has 1 fully saturated rings. The van der Waals surface area contributed by atoms with Crippen molar-refractivity contribution in [2.24, 2.45) is 0 Å². The number of nitrogens with two attached hydrogens (primary N) is 1. The highest BCUT2D eigenvalue weighted by Gasteiger charge is 2.22. The van der Waals surface area contributed by atoms with Gasteiger partial charge in [0.1, 0.15) is 0 Å². The molecule has 0 bridgehead atoms. The second-order valence-electron chi connectivity index (χ2n) is 6.74. The molecule has 2 aromatic carbocycles. The summed E-state index contributed by atoms with van der Waals surface area (Å²) in [7, 11) is 1.48. The summed E-state index contributed by atoms with van der Waals surface area (Å²) in [5.74, 6) is 0.0413. The molecule has 1 aliphatic heterocycles. The monoisotopic (exact) mass is 407 g/mol. The maximum atomic E-state index is 12.8. The Bertz CT molecular complexity index is 834. The first-order valence-corrected chi connectivity index (χ1v) is 9.67. The third-order valence-corrected chi connectivity index (χ3v) is 5.41. The largest absolute Gasteiger partial charge is 0.494 e. The van der Waals surface area contributed by atoms with E-state index in [4.69, 9.17) is 33.7 Å². The summed E-state index contributed by atoms with van der Waals surface area (Å²) < 4.78 is 5.14. The molecule has 1 aliphatic rings. The fourth-order valence-corrected chi connectivity index (χ4v) is 4.08. The van der Waals surface area contributed by atoms with Gasteiger partial charge in [0.2, 0.25) is 0 Å². The zero-order chi connectivity index (χ0) is 19.6. The minimum Gasteiger partial charge on any atom is -0.494 e. The number of hydrogen-bond acceptors (Lipinski definition) is 4. The Morgan fingerprint density at radius 2 is 1.93 bits per heavy atom. The number of halogens is 2. The molecule has 0 saturated carbocycles. The molecule has 1 atom stereocenters. The van der Waals surface area contributed by atoms with E-state index < -0.39 is 0 Å². The van der Waals surface area contributed by atoms with Crippen molar-refractivity contribution in [1.82, 2.24) is 0 Å². The van der Waals surface area contributed by atoms with Gasteiger partial charge in [0, 0.05) is 23.8 Å². The van der Waals surface area contributed by atoms with Crippen LogP contribution in [-0.2, 0) is 0 Å². The van der Waals surface area contributed by atoms with Crippen LogP contribution in [0.1, 0.15) is 36.5 Å². The van der Waals surface area contributed by atoms with Crippen LogP contribution in [0, 0.1) is 0 Å². The first kappa shape index (κ1) is 19.6. The third kappa shape index (κ3) is 4.25. The number of benzene rings is 2. The van der Waals surface area contributed by atoms with E-state index in [-0.39, 0.29) is 16.0 Å². The van der Waals surface area contributed by atoms with Gasteiger partial charge in [0.15, 0.2) is 5.75 Å². The quantitative estimate of drug-likeness (QED) is 0.681. The number of ether oxygens (including phenoxy) is 1. The molecule has 144 valence electrons. The Morgan fingerprint density at radius 3 is 2.56 bits per heavy atom. The van der Waals surface area contributed by atoms with E-state index in [1.807, 2.05) is 12.1 Å². The van der Waals surface area contributed by atoms with E-state index in [1.54, 1.807) is 6.07 Å². The Kier molecular flexibility index (Phi) is 6.02. The van der Waals surface area contributed by atoms with Crippen molar-refractivity contribution in [2.75, 3.05) is 29.6 Å². The second-order valence-corrected chi connectivity index (χ2v) is 7.56. The number of nitrogens with one attached hydrogen (secondary N) is 1. The second kappa shape index (κ2) is 8.28. The number of piperidine rings is 1. The molecule has 3 N–H and O–H groups in total. The van der Waals surface area contributed by atoms with Crippen molar-refractivity contribution in [3.63, 3.8) is 0 Å². The summed E-state index contributed by atoms with van der Waals surface area (Å²) in [5.41, 5.74) is 8.55. The zero-order valence-electron chi connectivity index (χ0n) is 15.4. The Hall–Kier alpha value is -2.11. The Labute approximate surface area is 169 Å². The molecule has 2 aromatic rings. The minimum absolute atomic E-state index is 0.285. The Morgan fingerprint density at radius 1 is 1.22 bits per heavy atom. The maximum absolute atomic E-state index is 12.8. The summed E-state index contributed by atoms with van der Waals surface area (Å²) in [6.45, 7) is 3.15. The van der Waals surface area contributed by atoms with Gasteiger partial charge in [0.25, 0.3) is 5.91 Å². The average Bonchev–Trinajstić information content (AvgIpc) is 2.62. The van der Waals surface area contributed by atoms with E-state index in [0.717, 1.165) is 25.1 Å².